The average Bonchev–Trinajstić information content (AvgIpc) is 2.02. The molecule has 0 spiro atoms. The molecule has 1 N–H and O–H groups in total. The standard InChI is InChI=1S/C10H21NO/c1-4-5-6-11-7-8-12-9-10(2)3/h11H,2,4-9H2,1,3H3. The topological polar surface area (TPSA) is 21.3 Å². The number of unbranched alkanes of at least 4 members (excludes halogenated alkanes) is 1. The number of hydrogen-bond donors (Lipinski definition) is 1. The maximum absolute atomic E-state index is 5.31. The number of ether oxygens (including phenoxy) is 1. The van der Waals surface area contributed by atoms with Crippen LogP contribution in [0.1, 0.15) is 26.7 Å². The van der Waals surface area contributed by atoms with Crippen molar-refractivity contribution in [1.82, 2.24) is 5.32 Å². The summed E-state index contributed by atoms with van der Waals surface area (Å²) in [4.78, 5) is 0. The molecule has 0 heterocycles. The minimum absolute atomic E-state index is 0.690. The Bertz CT molecular complexity index is 112. The first-order valence-corrected chi connectivity index (χ1v) is 4.70. The molecule has 0 amide bonds. The molecular formula is C10H21NO. The van der Waals surface area contributed by atoms with Crippen LogP contribution < -0.4 is 5.32 Å². The summed E-state index contributed by atoms with van der Waals surface area (Å²) in [6, 6.07) is 0. The number of rotatable bonds is 8. The van der Waals surface area contributed by atoms with E-state index in [4.69, 9.17) is 4.74 Å². The van der Waals surface area contributed by atoms with Crippen LogP contribution in [0, 0.1) is 0 Å². The fourth-order valence-electron chi connectivity index (χ4n) is 0.818. The second-order valence-corrected chi connectivity index (χ2v) is 3.11. The van der Waals surface area contributed by atoms with E-state index in [1.165, 1.54) is 12.8 Å². The van der Waals surface area contributed by atoms with E-state index in [0.717, 1.165) is 25.3 Å². The van der Waals surface area contributed by atoms with Crippen LogP contribution in [0.3, 0.4) is 0 Å². The molecule has 0 radical (unpaired) electrons. The third-order valence-electron chi connectivity index (χ3n) is 1.48. The summed E-state index contributed by atoms with van der Waals surface area (Å²) >= 11 is 0. The molecule has 0 bridgehead atoms. The Labute approximate surface area is 76.0 Å². The fraction of sp³-hybridized carbons (Fsp3) is 0.800. The van der Waals surface area contributed by atoms with Crippen LogP contribution >= 0.6 is 0 Å². The quantitative estimate of drug-likeness (QED) is 0.445. The van der Waals surface area contributed by atoms with E-state index in [9.17, 15) is 0 Å². The molecule has 0 aromatic rings. The van der Waals surface area contributed by atoms with Gasteiger partial charge < -0.3 is 10.1 Å². The van der Waals surface area contributed by atoms with E-state index in [2.05, 4.69) is 18.8 Å². The summed E-state index contributed by atoms with van der Waals surface area (Å²) in [5.74, 6) is 0. The van der Waals surface area contributed by atoms with Crippen LogP contribution in [-0.4, -0.2) is 26.3 Å². The zero-order valence-electron chi connectivity index (χ0n) is 8.36. The van der Waals surface area contributed by atoms with Gasteiger partial charge in [0.25, 0.3) is 0 Å². The van der Waals surface area contributed by atoms with E-state index in [1.54, 1.807) is 0 Å². The molecule has 2 heteroatoms. The van der Waals surface area contributed by atoms with Crippen LogP contribution in [0.25, 0.3) is 0 Å². The minimum Gasteiger partial charge on any atom is -0.376 e. The van der Waals surface area contributed by atoms with Crippen molar-refractivity contribution in [3.05, 3.63) is 12.2 Å². The first-order chi connectivity index (χ1) is 5.77. The van der Waals surface area contributed by atoms with Crippen molar-refractivity contribution in [3.8, 4) is 0 Å². The molecule has 0 saturated carbocycles. The molecule has 0 unspecified atom stereocenters. The first kappa shape index (κ1) is 11.7. The molecule has 72 valence electrons. The van der Waals surface area contributed by atoms with E-state index >= 15 is 0 Å². The van der Waals surface area contributed by atoms with Gasteiger partial charge in [-0.1, -0.05) is 25.5 Å². The molecule has 0 atom stereocenters. The summed E-state index contributed by atoms with van der Waals surface area (Å²) < 4.78 is 5.31. The average molecular weight is 171 g/mol. The van der Waals surface area contributed by atoms with Gasteiger partial charge in [0.2, 0.25) is 0 Å². The molecular weight excluding hydrogens is 150 g/mol. The van der Waals surface area contributed by atoms with E-state index in [-0.39, 0.29) is 0 Å². The van der Waals surface area contributed by atoms with Gasteiger partial charge in [-0.3, -0.25) is 0 Å². The van der Waals surface area contributed by atoms with Crippen molar-refractivity contribution in [2.75, 3.05) is 26.3 Å². The van der Waals surface area contributed by atoms with E-state index < -0.39 is 0 Å². The lowest BCUT2D eigenvalue weighted by molar-refractivity contribution is 0.158. The molecule has 12 heavy (non-hydrogen) atoms. The lowest BCUT2D eigenvalue weighted by atomic mass is 10.3. The van der Waals surface area contributed by atoms with Gasteiger partial charge in [0, 0.05) is 6.54 Å². The van der Waals surface area contributed by atoms with Gasteiger partial charge in [-0.15, -0.1) is 0 Å². The minimum atomic E-state index is 0.690. The molecule has 2 nitrogen and oxygen atoms in total. The van der Waals surface area contributed by atoms with Gasteiger partial charge in [-0.2, -0.15) is 0 Å². The lowest BCUT2D eigenvalue weighted by Gasteiger charge is -2.04. The Morgan fingerprint density at radius 2 is 2.17 bits per heavy atom. The molecule has 0 fully saturated rings. The maximum Gasteiger partial charge on any atom is 0.0672 e. The Balaban J connectivity index is 2.86. The molecule has 0 aliphatic heterocycles. The third kappa shape index (κ3) is 9.66. The monoisotopic (exact) mass is 171 g/mol. The van der Waals surface area contributed by atoms with E-state index in [0.29, 0.717) is 6.61 Å². The molecule has 0 aromatic heterocycles. The summed E-state index contributed by atoms with van der Waals surface area (Å²) in [5, 5.41) is 3.31. The Morgan fingerprint density at radius 3 is 2.75 bits per heavy atom. The van der Waals surface area contributed by atoms with Crippen molar-refractivity contribution >= 4 is 0 Å². The predicted octanol–water partition coefficient (Wildman–Crippen LogP) is 1.97. The molecule has 0 saturated heterocycles. The molecule has 0 aromatic carbocycles. The smallest absolute Gasteiger partial charge is 0.0672 e. The second kappa shape index (κ2) is 8.75. The lowest BCUT2D eigenvalue weighted by Crippen LogP contribution is -2.20. The number of hydrogen-bond acceptors (Lipinski definition) is 2. The third-order valence-corrected chi connectivity index (χ3v) is 1.48. The molecule has 0 aliphatic carbocycles. The SMILES string of the molecule is C=C(C)COCCNCCCC. The Morgan fingerprint density at radius 1 is 1.42 bits per heavy atom. The fourth-order valence-corrected chi connectivity index (χ4v) is 0.818. The van der Waals surface area contributed by atoms with Gasteiger partial charge in [0.15, 0.2) is 0 Å². The largest absolute Gasteiger partial charge is 0.376 e. The Kier molecular flexibility index (Phi) is 8.51. The summed E-state index contributed by atoms with van der Waals surface area (Å²) in [7, 11) is 0. The highest BCUT2D eigenvalue weighted by Gasteiger charge is 1.88. The van der Waals surface area contributed by atoms with Crippen LogP contribution in [0.5, 0.6) is 0 Å². The highest BCUT2D eigenvalue weighted by Crippen LogP contribution is 1.87. The van der Waals surface area contributed by atoms with Gasteiger partial charge in [0.05, 0.1) is 13.2 Å². The van der Waals surface area contributed by atoms with Crippen molar-refractivity contribution in [3.63, 3.8) is 0 Å². The summed E-state index contributed by atoms with van der Waals surface area (Å²) in [6.07, 6.45) is 2.50. The highest BCUT2D eigenvalue weighted by atomic mass is 16.5. The van der Waals surface area contributed by atoms with Gasteiger partial charge >= 0.3 is 0 Å². The van der Waals surface area contributed by atoms with E-state index in [1.807, 2.05) is 6.92 Å². The highest BCUT2D eigenvalue weighted by molar-refractivity contribution is 4.87. The van der Waals surface area contributed by atoms with Crippen LogP contribution in [0.2, 0.25) is 0 Å². The van der Waals surface area contributed by atoms with Crippen molar-refractivity contribution in [1.29, 1.82) is 0 Å². The second-order valence-electron chi connectivity index (χ2n) is 3.11. The first-order valence-electron chi connectivity index (χ1n) is 4.70. The van der Waals surface area contributed by atoms with Crippen LogP contribution in [0.4, 0.5) is 0 Å². The van der Waals surface area contributed by atoms with Gasteiger partial charge in [0.1, 0.15) is 0 Å². The molecule has 0 rings (SSSR count). The summed E-state index contributed by atoms with van der Waals surface area (Å²) in [6.45, 7) is 11.5. The van der Waals surface area contributed by atoms with Crippen LogP contribution in [-0.2, 0) is 4.74 Å². The van der Waals surface area contributed by atoms with Gasteiger partial charge in [-0.05, 0) is 19.9 Å². The normalized spacial score (nSPS) is 10.2. The number of nitrogens with one attached hydrogen (secondary N) is 1. The van der Waals surface area contributed by atoms with Crippen molar-refractivity contribution < 1.29 is 4.74 Å². The zero-order valence-corrected chi connectivity index (χ0v) is 8.36. The van der Waals surface area contributed by atoms with Crippen LogP contribution in [0.15, 0.2) is 12.2 Å². The summed E-state index contributed by atoms with van der Waals surface area (Å²) in [5.41, 5.74) is 1.09. The molecule has 0 aliphatic rings. The van der Waals surface area contributed by atoms with Gasteiger partial charge in [-0.25, -0.2) is 0 Å². The Hall–Kier alpha value is -0.340. The van der Waals surface area contributed by atoms with Crippen molar-refractivity contribution in [2.24, 2.45) is 0 Å². The van der Waals surface area contributed by atoms with Crippen molar-refractivity contribution in [2.45, 2.75) is 26.7 Å². The maximum atomic E-state index is 5.31. The predicted molar refractivity (Wildman–Crippen MR) is 53.4 cm³/mol. The zero-order chi connectivity index (χ0) is 9.23.